The van der Waals surface area contributed by atoms with Crippen molar-refractivity contribution in [3.8, 4) is 11.1 Å². The molecule has 3 heteroatoms. The average molecular weight is 244 g/mol. The van der Waals surface area contributed by atoms with Gasteiger partial charge in [-0.25, -0.2) is 0 Å². The Morgan fingerprint density at radius 3 is 2.29 bits per heavy atom. The lowest BCUT2D eigenvalue weighted by Gasteiger charge is -2.08. The highest BCUT2D eigenvalue weighted by Crippen LogP contribution is 2.26. The number of carbonyl (C=O) groups is 1. The van der Waals surface area contributed by atoms with Crippen LogP contribution in [0.3, 0.4) is 0 Å². The molecule has 0 unspecified atom stereocenters. The monoisotopic (exact) mass is 244 g/mol. The van der Waals surface area contributed by atoms with Gasteiger partial charge >= 0.3 is 5.97 Å². The van der Waals surface area contributed by atoms with Gasteiger partial charge in [0.25, 0.3) is 0 Å². The van der Waals surface area contributed by atoms with Crippen molar-refractivity contribution in [3.63, 3.8) is 0 Å². The van der Waals surface area contributed by atoms with Crippen LogP contribution in [0.25, 0.3) is 11.1 Å². The topological polar surface area (TPSA) is 37.3 Å². The van der Waals surface area contributed by atoms with Crippen molar-refractivity contribution in [3.05, 3.63) is 60.2 Å². The molecule has 2 rings (SSSR count). The first-order valence-corrected chi connectivity index (χ1v) is 5.76. The van der Waals surface area contributed by atoms with Gasteiger partial charge in [0, 0.05) is 0 Å². The molecule has 2 nitrogen and oxygen atoms in total. The van der Waals surface area contributed by atoms with E-state index < -0.39 is 11.2 Å². The van der Waals surface area contributed by atoms with E-state index >= 15 is 0 Å². The maximum absolute atomic E-state index is 10.9. The molecule has 0 heterocycles. The molecule has 1 atom stereocenters. The molecular formula is C14H12O2S. The number of carboxylic acid groups (broad SMARTS) is 1. The third kappa shape index (κ3) is 2.68. The summed E-state index contributed by atoms with van der Waals surface area (Å²) >= 11 is 4.07. The summed E-state index contributed by atoms with van der Waals surface area (Å²) in [4.78, 5) is 10.9. The summed E-state index contributed by atoms with van der Waals surface area (Å²) in [6, 6.07) is 17.3. The normalized spacial score (nSPS) is 12.1. The first-order chi connectivity index (χ1) is 8.18. The minimum atomic E-state index is -0.932. The van der Waals surface area contributed by atoms with Crippen LogP contribution in [-0.4, -0.2) is 11.1 Å². The van der Waals surface area contributed by atoms with E-state index in [0.717, 1.165) is 11.1 Å². The van der Waals surface area contributed by atoms with Crippen molar-refractivity contribution in [1.29, 1.82) is 0 Å². The van der Waals surface area contributed by atoms with Crippen LogP contribution in [0.5, 0.6) is 0 Å². The summed E-state index contributed by atoms with van der Waals surface area (Å²) in [5.41, 5.74) is 2.77. The van der Waals surface area contributed by atoms with Gasteiger partial charge in [-0.15, -0.1) is 0 Å². The van der Waals surface area contributed by atoms with Crippen LogP contribution in [-0.2, 0) is 4.79 Å². The fraction of sp³-hybridized carbons (Fsp3) is 0.0714. The van der Waals surface area contributed by atoms with Crippen molar-refractivity contribution in [1.82, 2.24) is 0 Å². The van der Waals surface area contributed by atoms with Gasteiger partial charge in [-0.1, -0.05) is 48.5 Å². The van der Waals surface area contributed by atoms with E-state index in [1.54, 1.807) is 6.07 Å². The molecular weight excluding hydrogens is 232 g/mol. The van der Waals surface area contributed by atoms with Gasteiger partial charge in [-0.05, 0) is 22.8 Å². The summed E-state index contributed by atoms with van der Waals surface area (Å²) in [6.45, 7) is 0. The highest BCUT2D eigenvalue weighted by Gasteiger charge is 2.14. The maximum atomic E-state index is 10.9. The fourth-order valence-corrected chi connectivity index (χ4v) is 1.82. The Morgan fingerprint density at radius 2 is 1.65 bits per heavy atom. The molecule has 0 amide bonds. The molecule has 1 N–H and O–H groups in total. The Morgan fingerprint density at radius 1 is 1.00 bits per heavy atom. The highest BCUT2D eigenvalue weighted by atomic mass is 32.1. The zero-order valence-electron chi connectivity index (χ0n) is 9.08. The Hall–Kier alpha value is -1.74. The van der Waals surface area contributed by atoms with Crippen LogP contribution in [0, 0.1) is 0 Å². The van der Waals surface area contributed by atoms with Crippen molar-refractivity contribution < 1.29 is 9.90 Å². The van der Waals surface area contributed by atoms with E-state index in [2.05, 4.69) is 12.6 Å². The smallest absolute Gasteiger partial charge is 0.320 e. The summed E-state index contributed by atoms with van der Waals surface area (Å²) in [5.74, 6) is -0.932. The molecule has 0 aliphatic rings. The molecule has 0 fully saturated rings. The lowest BCUT2D eigenvalue weighted by atomic mass is 10.0. The lowest BCUT2D eigenvalue weighted by molar-refractivity contribution is -0.136. The molecule has 0 saturated heterocycles. The predicted octanol–water partition coefficient (Wildman–Crippen LogP) is 3.41. The number of carboxylic acids is 1. The molecule has 0 aliphatic carbocycles. The summed E-state index contributed by atoms with van der Waals surface area (Å²) in [7, 11) is 0. The summed E-state index contributed by atoms with van der Waals surface area (Å²) < 4.78 is 0. The zero-order valence-corrected chi connectivity index (χ0v) is 9.97. The first-order valence-electron chi connectivity index (χ1n) is 5.25. The van der Waals surface area contributed by atoms with Gasteiger partial charge in [0.2, 0.25) is 0 Å². The predicted molar refractivity (Wildman–Crippen MR) is 71.2 cm³/mol. The van der Waals surface area contributed by atoms with E-state index in [-0.39, 0.29) is 0 Å². The van der Waals surface area contributed by atoms with Crippen molar-refractivity contribution >= 4 is 18.6 Å². The van der Waals surface area contributed by atoms with Crippen molar-refractivity contribution in [2.45, 2.75) is 5.25 Å². The van der Waals surface area contributed by atoms with E-state index in [0.29, 0.717) is 5.56 Å². The number of hydrogen-bond acceptors (Lipinski definition) is 2. The molecule has 0 spiro atoms. The second-order valence-electron chi connectivity index (χ2n) is 3.73. The summed E-state index contributed by atoms with van der Waals surface area (Å²) in [6.07, 6.45) is 0. The van der Waals surface area contributed by atoms with E-state index in [1.165, 1.54) is 0 Å². The Kier molecular flexibility index (Phi) is 3.49. The molecule has 2 aromatic rings. The molecule has 86 valence electrons. The van der Waals surface area contributed by atoms with Gasteiger partial charge in [-0.2, -0.15) is 12.6 Å². The number of rotatable bonds is 3. The minimum Gasteiger partial charge on any atom is -0.480 e. The van der Waals surface area contributed by atoms with Crippen LogP contribution in [0.2, 0.25) is 0 Å². The van der Waals surface area contributed by atoms with Crippen LogP contribution in [0.4, 0.5) is 0 Å². The molecule has 0 aliphatic heterocycles. The second-order valence-corrected chi connectivity index (χ2v) is 4.25. The molecule has 0 bridgehead atoms. The fourth-order valence-electron chi connectivity index (χ4n) is 1.66. The maximum Gasteiger partial charge on any atom is 0.320 e. The quantitative estimate of drug-likeness (QED) is 0.812. The number of hydrogen-bond donors (Lipinski definition) is 2. The number of benzene rings is 2. The second kappa shape index (κ2) is 5.06. The largest absolute Gasteiger partial charge is 0.480 e. The minimum absolute atomic E-state index is 0.696. The first kappa shape index (κ1) is 11.7. The Labute approximate surface area is 105 Å². The van der Waals surface area contributed by atoms with Gasteiger partial charge < -0.3 is 5.11 Å². The van der Waals surface area contributed by atoms with Crippen LogP contribution < -0.4 is 0 Å². The van der Waals surface area contributed by atoms with Crippen LogP contribution in [0.15, 0.2) is 54.6 Å². The number of aliphatic carboxylic acids is 1. The van der Waals surface area contributed by atoms with Crippen molar-refractivity contribution in [2.75, 3.05) is 0 Å². The van der Waals surface area contributed by atoms with Crippen molar-refractivity contribution in [2.24, 2.45) is 0 Å². The van der Waals surface area contributed by atoms with Crippen LogP contribution in [0.1, 0.15) is 10.8 Å². The Bertz CT molecular complexity index is 523. The number of thiol groups is 1. The molecule has 17 heavy (non-hydrogen) atoms. The van der Waals surface area contributed by atoms with Gasteiger partial charge in [0.15, 0.2) is 0 Å². The highest BCUT2D eigenvalue weighted by molar-refractivity contribution is 7.81. The molecule has 2 aromatic carbocycles. The van der Waals surface area contributed by atoms with Crippen LogP contribution >= 0.6 is 12.6 Å². The van der Waals surface area contributed by atoms with Gasteiger partial charge in [0.05, 0.1) is 0 Å². The molecule has 0 saturated carbocycles. The third-order valence-electron chi connectivity index (χ3n) is 2.54. The third-order valence-corrected chi connectivity index (χ3v) is 3.06. The van der Waals surface area contributed by atoms with E-state index in [4.69, 9.17) is 5.11 Å². The van der Waals surface area contributed by atoms with Gasteiger partial charge in [0.1, 0.15) is 5.25 Å². The lowest BCUT2D eigenvalue weighted by Crippen LogP contribution is -2.04. The molecule has 0 aromatic heterocycles. The average Bonchev–Trinajstić information content (AvgIpc) is 2.39. The summed E-state index contributed by atoms with van der Waals surface area (Å²) in [5, 5.41) is 8.14. The zero-order chi connectivity index (χ0) is 12.3. The Balaban J connectivity index is 2.39. The molecule has 0 radical (unpaired) electrons. The van der Waals surface area contributed by atoms with E-state index in [1.807, 2.05) is 48.5 Å². The van der Waals surface area contributed by atoms with Gasteiger partial charge in [-0.3, -0.25) is 4.79 Å². The standard InChI is InChI=1S/C14H12O2S/c15-14(16)13(17)12-8-4-7-11(9-12)10-5-2-1-3-6-10/h1-9,13,17H,(H,15,16)/t13-/m1/s1. The van der Waals surface area contributed by atoms with E-state index in [9.17, 15) is 4.79 Å². The SMILES string of the molecule is O=C(O)[C@H](S)c1cccc(-c2ccccc2)c1.